The normalized spacial score (nSPS) is 9.00. The van der Waals surface area contributed by atoms with Gasteiger partial charge in [0.15, 0.2) is 0 Å². The van der Waals surface area contributed by atoms with E-state index in [-0.39, 0.29) is 0 Å². The maximum Gasteiger partial charge on any atom is 0.235 e. The van der Waals surface area contributed by atoms with E-state index in [9.17, 15) is 4.79 Å². The molecule has 0 aliphatic heterocycles. The van der Waals surface area contributed by atoms with E-state index < -0.39 is 0 Å². The molecule has 1 N–H and O–H groups in total. The molecule has 0 aromatic heterocycles. The minimum Gasteiger partial charge on any atom is -0.383 e. The van der Waals surface area contributed by atoms with E-state index >= 15 is 0 Å². The van der Waals surface area contributed by atoms with Crippen LogP contribution in [0.25, 0.3) is 0 Å². The molecule has 0 amide bonds. The molecule has 0 bridgehead atoms. The molecule has 0 aliphatic carbocycles. The predicted molar refractivity (Wildman–Crippen MR) is 52.9 cm³/mol. The van der Waals surface area contributed by atoms with E-state index in [0.29, 0.717) is 18.1 Å². The number of anilines is 1. The molecule has 0 heterocycles. The topological polar surface area (TPSA) is 41.5 Å². The molecule has 1 rings (SSSR count). The van der Waals surface area contributed by atoms with Gasteiger partial charge in [-0.2, -0.15) is 0 Å². The number of hydrogen-bond acceptors (Lipinski definition) is 3. The van der Waals surface area contributed by atoms with Crippen LogP contribution in [-0.4, -0.2) is 19.2 Å². The molecule has 0 unspecified atom stereocenters. The van der Waals surface area contributed by atoms with E-state index in [1.165, 1.54) is 6.08 Å². The van der Waals surface area contributed by atoms with Crippen molar-refractivity contribution < 1.29 is 4.79 Å². The van der Waals surface area contributed by atoms with Gasteiger partial charge < -0.3 is 5.32 Å². The number of halogens is 1. The van der Waals surface area contributed by atoms with Crippen molar-refractivity contribution in [1.82, 2.24) is 0 Å². The van der Waals surface area contributed by atoms with Gasteiger partial charge in [-0.3, -0.25) is 0 Å². The third kappa shape index (κ3) is 3.74. The Bertz CT molecular complexity index is 304. The van der Waals surface area contributed by atoms with Gasteiger partial charge in [-0.1, -0.05) is 11.6 Å². The van der Waals surface area contributed by atoms with Crippen molar-refractivity contribution in [3.05, 3.63) is 29.3 Å². The van der Waals surface area contributed by atoms with Crippen LogP contribution in [0.15, 0.2) is 29.3 Å². The smallest absolute Gasteiger partial charge is 0.235 e. The van der Waals surface area contributed by atoms with Crippen LogP contribution in [0.1, 0.15) is 0 Å². The molecule has 4 heteroatoms. The van der Waals surface area contributed by atoms with Crippen molar-refractivity contribution in [3.63, 3.8) is 0 Å². The number of hydrogen-bond donors (Lipinski definition) is 1. The summed E-state index contributed by atoms with van der Waals surface area (Å²) in [4.78, 5) is 13.1. The van der Waals surface area contributed by atoms with Crippen LogP contribution in [0.5, 0.6) is 0 Å². The Hall–Kier alpha value is -1.31. The number of rotatable bonds is 4. The largest absolute Gasteiger partial charge is 0.383 e. The number of isocyanates is 1. The molecule has 0 spiro atoms. The molecule has 0 aliphatic rings. The number of carbonyl (C=O) groups excluding carboxylic acids is 1. The second kappa shape index (κ2) is 5.36. The van der Waals surface area contributed by atoms with E-state index in [1.54, 1.807) is 12.1 Å². The van der Waals surface area contributed by atoms with Crippen molar-refractivity contribution in [2.45, 2.75) is 0 Å². The van der Waals surface area contributed by atoms with Crippen LogP contribution in [0, 0.1) is 0 Å². The summed E-state index contributed by atoms with van der Waals surface area (Å²) in [6.45, 7) is 1.06. The van der Waals surface area contributed by atoms with Crippen molar-refractivity contribution in [2.75, 3.05) is 18.4 Å². The first-order chi connectivity index (χ1) is 6.33. The van der Waals surface area contributed by atoms with Crippen molar-refractivity contribution in [3.8, 4) is 0 Å². The average Bonchev–Trinajstić information content (AvgIpc) is 2.15. The molecule has 0 radical (unpaired) electrons. The van der Waals surface area contributed by atoms with E-state index in [1.807, 2.05) is 12.1 Å². The van der Waals surface area contributed by atoms with Gasteiger partial charge in [0, 0.05) is 17.3 Å². The summed E-state index contributed by atoms with van der Waals surface area (Å²) in [7, 11) is 0. The molecular weight excluding hydrogens is 188 g/mol. The minimum atomic E-state index is 0.437. The van der Waals surface area contributed by atoms with E-state index in [2.05, 4.69) is 10.3 Å². The Labute approximate surface area is 81.4 Å². The van der Waals surface area contributed by atoms with Crippen molar-refractivity contribution in [1.29, 1.82) is 0 Å². The molecule has 0 atom stereocenters. The standard InChI is InChI=1S/C9H9ClN2O/c10-8-1-3-9(4-2-8)12-6-5-11-7-13/h1-4,12H,5-6H2. The Kier molecular flexibility index (Phi) is 4.03. The molecule has 1 aromatic rings. The third-order valence-corrected chi connectivity index (χ3v) is 1.71. The maximum atomic E-state index is 9.72. The van der Waals surface area contributed by atoms with Crippen LogP contribution >= 0.6 is 11.6 Å². The zero-order chi connectivity index (χ0) is 9.52. The Morgan fingerprint density at radius 3 is 2.69 bits per heavy atom. The summed E-state index contributed by atoms with van der Waals surface area (Å²) in [5.41, 5.74) is 0.963. The van der Waals surface area contributed by atoms with Crippen LogP contribution in [0.3, 0.4) is 0 Å². The summed E-state index contributed by atoms with van der Waals surface area (Å²) >= 11 is 5.70. The lowest BCUT2D eigenvalue weighted by atomic mass is 10.3. The molecule has 0 saturated heterocycles. The summed E-state index contributed by atoms with van der Waals surface area (Å²) < 4.78 is 0. The highest BCUT2D eigenvalue weighted by atomic mass is 35.5. The lowest BCUT2D eigenvalue weighted by molar-refractivity contribution is 0.563. The highest BCUT2D eigenvalue weighted by molar-refractivity contribution is 6.30. The molecule has 13 heavy (non-hydrogen) atoms. The first kappa shape index (κ1) is 9.78. The predicted octanol–water partition coefficient (Wildman–Crippen LogP) is 2.09. The van der Waals surface area contributed by atoms with Gasteiger partial charge >= 0.3 is 0 Å². The van der Waals surface area contributed by atoms with Crippen molar-refractivity contribution in [2.24, 2.45) is 4.99 Å². The van der Waals surface area contributed by atoms with E-state index in [0.717, 1.165) is 5.69 Å². The second-order valence-corrected chi connectivity index (χ2v) is 2.84. The first-order valence-electron chi connectivity index (χ1n) is 3.86. The summed E-state index contributed by atoms with van der Waals surface area (Å²) in [6, 6.07) is 7.33. The fourth-order valence-electron chi connectivity index (χ4n) is 0.870. The van der Waals surface area contributed by atoms with Crippen LogP contribution in [-0.2, 0) is 4.79 Å². The van der Waals surface area contributed by atoms with Crippen molar-refractivity contribution >= 4 is 23.4 Å². The molecule has 68 valence electrons. The highest BCUT2D eigenvalue weighted by Gasteiger charge is 1.90. The fourth-order valence-corrected chi connectivity index (χ4v) is 0.996. The summed E-state index contributed by atoms with van der Waals surface area (Å²) in [5.74, 6) is 0. The highest BCUT2D eigenvalue weighted by Crippen LogP contribution is 2.12. The molecule has 3 nitrogen and oxygen atoms in total. The summed E-state index contributed by atoms with van der Waals surface area (Å²) in [6.07, 6.45) is 1.48. The van der Waals surface area contributed by atoms with Gasteiger partial charge in [0.25, 0.3) is 0 Å². The van der Waals surface area contributed by atoms with Crippen LogP contribution in [0.4, 0.5) is 5.69 Å². The van der Waals surface area contributed by atoms with Crippen LogP contribution in [0.2, 0.25) is 5.02 Å². The van der Waals surface area contributed by atoms with Gasteiger partial charge in [-0.15, -0.1) is 0 Å². The summed E-state index contributed by atoms with van der Waals surface area (Å²) in [5, 5.41) is 3.78. The van der Waals surface area contributed by atoms with Gasteiger partial charge in [0.05, 0.1) is 6.54 Å². The Morgan fingerprint density at radius 2 is 2.08 bits per heavy atom. The number of nitrogens with one attached hydrogen (secondary N) is 1. The SMILES string of the molecule is O=C=NCCNc1ccc(Cl)cc1. The van der Waals surface area contributed by atoms with Gasteiger partial charge in [0.1, 0.15) is 0 Å². The Balaban J connectivity index is 2.37. The zero-order valence-electron chi connectivity index (χ0n) is 6.96. The molecule has 0 saturated carbocycles. The first-order valence-corrected chi connectivity index (χ1v) is 4.24. The van der Waals surface area contributed by atoms with Gasteiger partial charge in [-0.05, 0) is 24.3 Å². The lowest BCUT2D eigenvalue weighted by Gasteiger charge is -2.02. The lowest BCUT2D eigenvalue weighted by Crippen LogP contribution is -2.03. The number of nitrogens with zero attached hydrogens (tertiary/aromatic N) is 1. The molecule has 0 fully saturated rings. The minimum absolute atomic E-state index is 0.437. The monoisotopic (exact) mass is 196 g/mol. The average molecular weight is 197 g/mol. The number of benzene rings is 1. The van der Waals surface area contributed by atoms with E-state index in [4.69, 9.17) is 11.6 Å². The van der Waals surface area contributed by atoms with Gasteiger partial charge in [0.2, 0.25) is 6.08 Å². The second-order valence-electron chi connectivity index (χ2n) is 2.41. The molecule has 1 aromatic carbocycles. The zero-order valence-corrected chi connectivity index (χ0v) is 7.71. The quantitative estimate of drug-likeness (QED) is 0.455. The van der Waals surface area contributed by atoms with Gasteiger partial charge in [-0.25, -0.2) is 9.79 Å². The Morgan fingerprint density at radius 1 is 1.38 bits per heavy atom. The third-order valence-electron chi connectivity index (χ3n) is 1.46. The fraction of sp³-hybridized carbons (Fsp3) is 0.222. The number of aliphatic imine (C=N–C) groups is 1. The maximum absolute atomic E-state index is 9.72. The molecular formula is C9H9ClN2O. The van der Waals surface area contributed by atoms with Crippen LogP contribution < -0.4 is 5.32 Å².